The molecule has 3 N–H and O–H groups in total. The molecule has 1 atom stereocenters. The number of aliphatic hydroxyl groups is 1. The van der Waals surface area contributed by atoms with Gasteiger partial charge in [0.05, 0.1) is 18.9 Å². The molecule has 182 valence electrons. The van der Waals surface area contributed by atoms with E-state index in [1.165, 1.54) is 12.1 Å². The molecule has 8 heteroatoms. The van der Waals surface area contributed by atoms with Crippen molar-refractivity contribution in [3.63, 3.8) is 0 Å². The first-order valence-electron chi connectivity index (χ1n) is 11.0. The minimum atomic E-state index is -4.30. The first kappa shape index (κ1) is 26.1. The monoisotopic (exact) mass is 488 g/mol. The second-order valence-electron chi connectivity index (χ2n) is 8.36. The molecule has 3 aromatic carbocycles. The lowest BCUT2D eigenvalue weighted by Gasteiger charge is -2.17. The van der Waals surface area contributed by atoms with Crippen LogP contribution in [0.5, 0.6) is 5.75 Å². The SMILES string of the molecule is Cc1cc(C(O)CP(=O)(O)O)cc(C)c1Cc1ccc(OCOCCc2ccc(F)cc2)cc1. The molecule has 0 fully saturated rings. The van der Waals surface area contributed by atoms with Gasteiger partial charge in [0, 0.05) is 0 Å². The van der Waals surface area contributed by atoms with Crippen LogP contribution in [0.25, 0.3) is 0 Å². The lowest BCUT2D eigenvalue weighted by atomic mass is 9.93. The fourth-order valence-electron chi connectivity index (χ4n) is 3.75. The van der Waals surface area contributed by atoms with E-state index in [0.717, 1.165) is 27.8 Å². The van der Waals surface area contributed by atoms with E-state index in [2.05, 4.69) is 0 Å². The molecule has 0 saturated heterocycles. The van der Waals surface area contributed by atoms with Gasteiger partial charge in [-0.25, -0.2) is 4.39 Å². The Morgan fingerprint density at radius 3 is 2.12 bits per heavy atom. The predicted molar refractivity (Wildman–Crippen MR) is 129 cm³/mol. The third-order valence-electron chi connectivity index (χ3n) is 5.58. The topological polar surface area (TPSA) is 96.2 Å². The summed E-state index contributed by atoms with van der Waals surface area (Å²) in [5.41, 5.74) is 5.60. The standard InChI is InChI=1S/C26H30FO6P/c1-18-13-22(26(28)16-34(29,30)31)14-19(2)25(18)15-21-5-9-24(10-6-21)33-17-32-12-11-20-3-7-23(27)8-4-20/h3-10,13-14,26,28H,11-12,15-17H2,1-2H3,(H2,29,30,31). The zero-order valence-corrected chi connectivity index (χ0v) is 20.2. The van der Waals surface area contributed by atoms with Crippen LogP contribution in [-0.2, 0) is 22.1 Å². The van der Waals surface area contributed by atoms with E-state index in [4.69, 9.17) is 19.3 Å². The van der Waals surface area contributed by atoms with Gasteiger partial charge in [0.15, 0.2) is 6.79 Å². The Bertz CT molecular complexity index is 1100. The third kappa shape index (κ3) is 8.05. The van der Waals surface area contributed by atoms with Gasteiger partial charge in [0.25, 0.3) is 0 Å². The maximum Gasteiger partial charge on any atom is 0.328 e. The van der Waals surface area contributed by atoms with Crippen molar-refractivity contribution in [2.24, 2.45) is 0 Å². The van der Waals surface area contributed by atoms with Crippen LogP contribution >= 0.6 is 7.60 Å². The van der Waals surface area contributed by atoms with E-state index in [1.807, 2.05) is 38.1 Å². The molecule has 0 heterocycles. The zero-order chi connectivity index (χ0) is 24.7. The quantitative estimate of drug-likeness (QED) is 0.203. The van der Waals surface area contributed by atoms with Gasteiger partial charge in [-0.05, 0) is 84.3 Å². The lowest BCUT2D eigenvalue weighted by Crippen LogP contribution is -2.07. The average Bonchev–Trinajstić information content (AvgIpc) is 2.77. The summed E-state index contributed by atoms with van der Waals surface area (Å²) in [4.78, 5) is 18.2. The van der Waals surface area contributed by atoms with Gasteiger partial charge < -0.3 is 24.4 Å². The smallest absolute Gasteiger partial charge is 0.328 e. The van der Waals surface area contributed by atoms with Crippen molar-refractivity contribution in [1.82, 2.24) is 0 Å². The number of hydrogen-bond acceptors (Lipinski definition) is 4. The molecule has 0 saturated carbocycles. The maximum absolute atomic E-state index is 12.9. The molecule has 6 nitrogen and oxygen atoms in total. The van der Waals surface area contributed by atoms with Crippen LogP contribution in [0.15, 0.2) is 60.7 Å². The highest BCUT2D eigenvalue weighted by Crippen LogP contribution is 2.39. The fourth-order valence-corrected chi connectivity index (χ4v) is 4.41. The molecule has 0 aliphatic carbocycles. The highest BCUT2D eigenvalue weighted by Gasteiger charge is 2.22. The summed E-state index contributed by atoms with van der Waals surface area (Å²) < 4.78 is 35.2. The molecular formula is C26H30FO6P. The Labute approximate surface area is 199 Å². The highest BCUT2D eigenvalue weighted by atomic mass is 31.2. The second-order valence-corrected chi connectivity index (χ2v) is 10.1. The molecule has 0 spiro atoms. The van der Waals surface area contributed by atoms with Gasteiger partial charge >= 0.3 is 7.60 Å². The van der Waals surface area contributed by atoms with Crippen LogP contribution in [0.2, 0.25) is 0 Å². The van der Waals surface area contributed by atoms with Gasteiger partial charge in [-0.2, -0.15) is 0 Å². The maximum atomic E-state index is 12.9. The second kappa shape index (κ2) is 11.7. The van der Waals surface area contributed by atoms with E-state index in [-0.39, 0.29) is 12.6 Å². The number of ether oxygens (including phenoxy) is 2. The van der Waals surface area contributed by atoms with Crippen molar-refractivity contribution in [2.75, 3.05) is 19.6 Å². The van der Waals surface area contributed by atoms with E-state index < -0.39 is 19.9 Å². The Balaban J connectivity index is 1.51. The average molecular weight is 488 g/mol. The van der Waals surface area contributed by atoms with E-state index >= 15 is 0 Å². The van der Waals surface area contributed by atoms with Crippen molar-refractivity contribution in [3.05, 3.63) is 99.9 Å². The van der Waals surface area contributed by atoms with Crippen LogP contribution in [0.1, 0.15) is 39.5 Å². The van der Waals surface area contributed by atoms with Gasteiger partial charge in [0.2, 0.25) is 0 Å². The normalized spacial score (nSPS) is 12.5. The molecule has 0 bridgehead atoms. The summed E-state index contributed by atoms with van der Waals surface area (Å²) in [7, 11) is -4.30. The minimum absolute atomic E-state index is 0.122. The zero-order valence-electron chi connectivity index (χ0n) is 19.3. The first-order valence-corrected chi connectivity index (χ1v) is 12.8. The molecule has 34 heavy (non-hydrogen) atoms. The van der Waals surface area contributed by atoms with Crippen molar-refractivity contribution in [2.45, 2.75) is 32.8 Å². The summed E-state index contributed by atoms with van der Waals surface area (Å²) in [6.45, 7) is 4.45. The lowest BCUT2D eigenvalue weighted by molar-refractivity contribution is 0.0169. The highest BCUT2D eigenvalue weighted by molar-refractivity contribution is 7.51. The third-order valence-corrected chi connectivity index (χ3v) is 6.40. The summed E-state index contributed by atoms with van der Waals surface area (Å²) in [5.74, 6) is 0.436. The Hall–Kier alpha value is -2.54. The van der Waals surface area contributed by atoms with Gasteiger partial charge in [0.1, 0.15) is 11.6 Å². The van der Waals surface area contributed by atoms with Crippen molar-refractivity contribution in [1.29, 1.82) is 0 Å². The van der Waals surface area contributed by atoms with Crippen LogP contribution in [0, 0.1) is 19.7 Å². The number of benzene rings is 3. The predicted octanol–water partition coefficient (Wildman–Crippen LogP) is 4.84. The van der Waals surface area contributed by atoms with Gasteiger partial charge in [-0.3, -0.25) is 4.57 Å². The Kier molecular flexibility index (Phi) is 9.00. The number of rotatable bonds is 11. The van der Waals surface area contributed by atoms with Crippen LogP contribution < -0.4 is 4.74 Å². The molecule has 0 aromatic heterocycles. The molecular weight excluding hydrogens is 458 g/mol. The molecule has 1 unspecified atom stereocenters. The number of aryl methyl sites for hydroxylation is 2. The van der Waals surface area contributed by atoms with Crippen molar-refractivity contribution >= 4 is 7.60 Å². The van der Waals surface area contributed by atoms with E-state index in [9.17, 15) is 14.1 Å². The largest absolute Gasteiger partial charge is 0.468 e. The van der Waals surface area contributed by atoms with E-state index in [0.29, 0.717) is 30.8 Å². The van der Waals surface area contributed by atoms with Crippen LogP contribution in [-0.4, -0.2) is 34.5 Å². The number of aliphatic hydroxyl groups excluding tert-OH is 1. The molecule has 3 rings (SSSR count). The van der Waals surface area contributed by atoms with Gasteiger partial charge in [-0.15, -0.1) is 0 Å². The minimum Gasteiger partial charge on any atom is -0.468 e. The fraction of sp³-hybridized carbons (Fsp3) is 0.308. The molecule has 0 aliphatic heterocycles. The summed E-state index contributed by atoms with van der Waals surface area (Å²) in [6.07, 6.45) is -0.443. The van der Waals surface area contributed by atoms with Crippen molar-refractivity contribution < 1.29 is 33.3 Å². The Morgan fingerprint density at radius 1 is 0.941 bits per heavy atom. The Morgan fingerprint density at radius 2 is 1.53 bits per heavy atom. The summed E-state index contributed by atoms with van der Waals surface area (Å²) in [5, 5.41) is 10.2. The summed E-state index contributed by atoms with van der Waals surface area (Å²) in [6, 6.07) is 17.6. The first-order chi connectivity index (χ1) is 16.1. The number of halogens is 1. The molecule has 0 amide bonds. The van der Waals surface area contributed by atoms with E-state index in [1.54, 1.807) is 24.3 Å². The molecule has 3 aromatic rings. The van der Waals surface area contributed by atoms with Crippen molar-refractivity contribution in [3.8, 4) is 5.75 Å². The molecule has 0 radical (unpaired) electrons. The molecule has 0 aliphatic rings. The van der Waals surface area contributed by atoms with Gasteiger partial charge in [-0.1, -0.05) is 36.4 Å². The van der Waals surface area contributed by atoms with Crippen LogP contribution in [0.4, 0.5) is 4.39 Å². The number of hydrogen-bond donors (Lipinski definition) is 3. The van der Waals surface area contributed by atoms with Crippen LogP contribution in [0.3, 0.4) is 0 Å². The summed E-state index contributed by atoms with van der Waals surface area (Å²) >= 11 is 0.